The van der Waals surface area contributed by atoms with E-state index in [2.05, 4.69) is 0 Å². The van der Waals surface area contributed by atoms with E-state index >= 15 is 0 Å². The maximum atomic E-state index is 11.7. The van der Waals surface area contributed by atoms with Crippen molar-refractivity contribution in [2.45, 2.75) is 64.7 Å². The van der Waals surface area contributed by atoms with E-state index in [0.29, 0.717) is 6.61 Å². The van der Waals surface area contributed by atoms with E-state index < -0.39 is 0 Å². The molecule has 0 radical (unpaired) electrons. The van der Waals surface area contributed by atoms with Crippen LogP contribution in [-0.4, -0.2) is 25.8 Å². The highest BCUT2D eigenvalue weighted by Crippen LogP contribution is 2.13. The molecule has 1 atom stereocenters. The van der Waals surface area contributed by atoms with Crippen LogP contribution in [0.2, 0.25) is 0 Å². The quantitative estimate of drug-likeness (QED) is 0.620. The van der Waals surface area contributed by atoms with Gasteiger partial charge in [0.25, 0.3) is 0 Å². The number of cyclic esters (lactones) is 1. The van der Waals surface area contributed by atoms with Gasteiger partial charge in [0.15, 0.2) is 0 Å². The zero-order valence-corrected chi connectivity index (χ0v) is 11.8. The predicted molar refractivity (Wildman–Crippen MR) is 72.5 cm³/mol. The molecule has 1 unspecified atom stereocenters. The first-order valence-electron chi connectivity index (χ1n) is 7.55. The van der Waals surface area contributed by atoms with Crippen LogP contribution in [0.1, 0.15) is 64.7 Å². The third kappa shape index (κ3) is 7.70. The maximum absolute atomic E-state index is 11.7. The Hall–Kier alpha value is -0.570. The van der Waals surface area contributed by atoms with Gasteiger partial charge in [0.05, 0.1) is 12.5 Å². The van der Waals surface area contributed by atoms with Gasteiger partial charge in [0.2, 0.25) is 0 Å². The first-order chi connectivity index (χ1) is 8.80. The van der Waals surface area contributed by atoms with Gasteiger partial charge >= 0.3 is 5.97 Å². The summed E-state index contributed by atoms with van der Waals surface area (Å²) in [7, 11) is 0. The zero-order chi connectivity index (χ0) is 13.1. The average Bonchev–Trinajstić information content (AvgIpc) is 2.37. The molecule has 1 aliphatic rings. The van der Waals surface area contributed by atoms with Gasteiger partial charge in [-0.25, -0.2) is 0 Å². The van der Waals surface area contributed by atoms with Crippen molar-refractivity contribution in [2.75, 3.05) is 19.8 Å². The van der Waals surface area contributed by atoms with Crippen molar-refractivity contribution >= 4 is 5.97 Å². The first kappa shape index (κ1) is 15.5. The van der Waals surface area contributed by atoms with E-state index in [0.717, 1.165) is 51.7 Å². The molecule has 0 spiro atoms. The Morgan fingerprint density at radius 1 is 0.833 bits per heavy atom. The van der Waals surface area contributed by atoms with Crippen LogP contribution in [0.25, 0.3) is 0 Å². The Kier molecular flexibility index (Phi) is 8.92. The van der Waals surface area contributed by atoms with Gasteiger partial charge in [-0.3, -0.25) is 4.79 Å². The lowest BCUT2D eigenvalue weighted by atomic mass is 10.0. The summed E-state index contributed by atoms with van der Waals surface area (Å²) in [5, 5.41) is 0. The summed E-state index contributed by atoms with van der Waals surface area (Å²) in [5.41, 5.74) is 0. The number of rotatable bonds is 0. The van der Waals surface area contributed by atoms with Crippen molar-refractivity contribution in [3.05, 3.63) is 0 Å². The Bertz CT molecular complexity index is 216. The highest BCUT2D eigenvalue weighted by atomic mass is 16.5. The monoisotopic (exact) mass is 256 g/mol. The van der Waals surface area contributed by atoms with Crippen LogP contribution in [-0.2, 0) is 14.3 Å². The molecule has 3 nitrogen and oxygen atoms in total. The lowest BCUT2D eigenvalue weighted by Crippen LogP contribution is -2.15. The molecule has 0 amide bonds. The van der Waals surface area contributed by atoms with Gasteiger partial charge in [-0.05, 0) is 32.1 Å². The fraction of sp³-hybridized carbons (Fsp3) is 0.933. The zero-order valence-electron chi connectivity index (χ0n) is 11.8. The highest BCUT2D eigenvalue weighted by molar-refractivity contribution is 5.71. The summed E-state index contributed by atoms with van der Waals surface area (Å²) in [4.78, 5) is 11.7. The lowest BCUT2D eigenvalue weighted by molar-refractivity contribution is -0.148. The van der Waals surface area contributed by atoms with Crippen LogP contribution in [0.15, 0.2) is 0 Å². The Morgan fingerprint density at radius 3 is 2.06 bits per heavy atom. The van der Waals surface area contributed by atoms with Crippen LogP contribution in [0.3, 0.4) is 0 Å². The minimum atomic E-state index is -0.00886. The van der Waals surface area contributed by atoms with Crippen LogP contribution in [0.4, 0.5) is 0 Å². The molecule has 1 aliphatic heterocycles. The second-order valence-corrected chi connectivity index (χ2v) is 5.30. The Balaban J connectivity index is 2.22. The Morgan fingerprint density at radius 2 is 1.39 bits per heavy atom. The fourth-order valence-electron chi connectivity index (χ4n) is 2.20. The average molecular weight is 256 g/mol. The van der Waals surface area contributed by atoms with Crippen molar-refractivity contribution in [1.82, 2.24) is 0 Å². The van der Waals surface area contributed by atoms with Crippen molar-refractivity contribution < 1.29 is 14.3 Å². The molecule has 1 heterocycles. The second-order valence-electron chi connectivity index (χ2n) is 5.30. The number of carbonyl (C=O) groups excluding carboxylic acids is 1. The van der Waals surface area contributed by atoms with E-state index in [-0.39, 0.29) is 11.9 Å². The molecule has 18 heavy (non-hydrogen) atoms. The molecule has 0 saturated carbocycles. The lowest BCUT2D eigenvalue weighted by Gasteiger charge is -2.12. The van der Waals surface area contributed by atoms with Gasteiger partial charge < -0.3 is 9.47 Å². The van der Waals surface area contributed by atoms with E-state index in [4.69, 9.17) is 9.47 Å². The molecule has 1 rings (SSSR count). The van der Waals surface area contributed by atoms with Crippen LogP contribution in [0.5, 0.6) is 0 Å². The van der Waals surface area contributed by atoms with Crippen LogP contribution < -0.4 is 0 Å². The van der Waals surface area contributed by atoms with Crippen molar-refractivity contribution in [2.24, 2.45) is 5.92 Å². The number of esters is 1. The number of carbonyl (C=O) groups is 1. The third-order valence-electron chi connectivity index (χ3n) is 3.51. The molecule has 106 valence electrons. The standard InChI is InChI=1S/C15H28O3/c1-14-10-6-2-3-7-11-17-12-8-4-5-9-13-18-15(14)16/h14H,2-13H2,1H3. The van der Waals surface area contributed by atoms with Gasteiger partial charge in [0.1, 0.15) is 0 Å². The molecule has 0 N–H and O–H groups in total. The summed E-state index contributed by atoms with van der Waals surface area (Å²) in [6.45, 7) is 4.35. The van der Waals surface area contributed by atoms with Gasteiger partial charge in [-0.2, -0.15) is 0 Å². The summed E-state index contributed by atoms with van der Waals surface area (Å²) >= 11 is 0. The van der Waals surface area contributed by atoms with Gasteiger partial charge in [-0.1, -0.05) is 32.6 Å². The van der Waals surface area contributed by atoms with Crippen molar-refractivity contribution in [3.8, 4) is 0 Å². The second kappa shape index (κ2) is 10.4. The van der Waals surface area contributed by atoms with Gasteiger partial charge in [-0.15, -0.1) is 0 Å². The highest BCUT2D eigenvalue weighted by Gasteiger charge is 2.13. The van der Waals surface area contributed by atoms with E-state index in [1.807, 2.05) is 6.92 Å². The summed E-state index contributed by atoms with van der Waals surface area (Å²) in [5.74, 6) is 0.0552. The molecule has 1 fully saturated rings. The molecular weight excluding hydrogens is 228 g/mol. The minimum absolute atomic E-state index is 0.00886. The van der Waals surface area contributed by atoms with Gasteiger partial charge in [0, 0.05) is 13.2 Å². The number of ether oxygens (including phenoxy) is 2. The molecule has 0 aliphatic carbocycles. The third-order valence-corrected chi connectivity index (χ3v) is 3.51. The molecular formula is C15H28O3. The van der Waals surface area contributed by atoms with E-state index in [1.54, 1.807) is 0 Å². The molecule has 0 aromatic heterocycles. The minimum Gasteiger partial charge on any atom is -0.465 e. The summed E-state index contributed by atoms with van der Waals surface area (Å²) in [6, 6.07) is 0. The maximum Gasteiger partial charge on any atom is 0.308 e. The summed E-state index contributed by atoms with van der Waals surface area (Å²) < 4.78 is 10.9. The number of hydrogen-bond acceptors (Lipinski definition) is 3. The predicted octanol–water partition coefficient (Wildman–Crippen LogP) is 3.71. The topological polar surface area (TPSA) is 35.5 Å². The molecule has 1 saturated heterocycles. The summed E-state index contributed by atoms with van der Waals surface area (Å²) in [6.07, 6.45) is 10.1. The SMILES string of the molecule is CC1CCCCCCOCCCCCCOC1=O. The largest absolute Gasteiger partial charge is 0.465 e. The van der Waals surface area contributed by atoms with Crippen LogP contribution >= 0.6 is 0 Å². The molecule has 0 aromatic rings. The van der Waals surface area contributed by atoms with Crippen molar-refractivity contribution in [1.29, 1.82) is 0 Å². The van der Waals surface area contributed by atoms with E-state index in [1.165, 1.54) is 19.3 Å². The molecule has 0 bridgehead atoms. The van der Waals surface area contributed by atoms with Crippen LogP contribution in [0, 0.1) is 5.92 Å². The number of hydrogen-bond donors (Lipinski definition) is 0. The smallest absolute Gasteiger partial charge is 0.308 e. The normalized spacial score (nSPS) is 26.5. The fourth-order valence-corrected chi connectivity index (χ4v) is 2.20. The molecule has 3 heteroatoms. The van der Waals surface area contributed by atoms with Crippen molar-refractivity contribution in [3.63, 3.8) is 0 Å². The molecule has 0 aromatic carbocycles. The first-order valence-corrected chi connectivity index (χ1v) is 7.55. The van der Waals surface area contributed by atoms with E-state index in [9.17, 15) is 4.79 Å². The Labute approximate surface area is 111 Å².